The molecule has 16 heavy (non-hydrogen) atoms. The molecule has 0 saturated heterocycles. The quantitative estimate of drug-likeness (QED) is 0.669. The van der Waals surface area contributed by atoms with E-state index in [0.717, 1.165) is 11.8 Å². The second kappa shape index (κ2) is 3.60. The van der Waals surface area contributed by atoms with E-state index in [1.54, 1.807) is 0 Å². The van der Waals surface area contributed by atoms with Gasteiger partial charge >= 0.3 is 0 Å². The van der Waals surface area contributed by atoms with Crippen LogP contribution < -0.4 is 0 Å². The van der Waals surface area contributed by atoms with Crippen molar-refractivity contribution in [3.8, 4) is 0 Å². The fourth-order valence-electron chi connectivity index (χ4n) is 3.82. The van der Waals surface area contributed by atoms with E-state index in [4.69, 9.17) is 0 Å². The maximum Gasteiger partial charge on any atom is 0.0803 e. The van der Waals surface area contributed by atoms with Gasteiger partial charge in [-0.1, -0.05) is 26.8 Å². The third-order valence-corrected chi connectivity index (χ3v) is 4.59. The lowest BCUT2D eigenvalue weighted by Gasteiger charge is -2.42. The highest BCUT2D eigenvalue weighted by molar-refractivity contribution is 5.26. The van der Waals surface area contributed by atoms with E-state index in [-0.39, 0.29) is 5.41 Å². The third-order valence-electron chi connectivity index (χ3n) is 4.59. The summed E-state index contributed by atoms with van der Waals surface area (Å²) in [4.78, 5) is 0. The van der Waals surface area contributed by atoms with Gasteiger partial charge in [-0.25, -0.2) is 0 Å². The van der Waals surface area contributed by atoms with Crippen LogP contribution >= 0.6 is 0 Å². The molecule has 0 spiro atoms. The second-order valence-corrected chi connectivity index (χ2v) is 7.18. The van der Waals surface area contributed by atoms with Gasteiger partial charge in [0.2, 0.25) is 0 Å². The van der Waals surface area contributed by atoms with Crippen molar-refractivity contribution in [3.05, 3.63) is 11.6 Å². The van der Waals surface area contributed by atoms with Crippen LogP contribution in [0.15, 0.2) is 11.6 Å². The van der Waals surface area contributed by atoms with Gasteiger partial charge in [-0.15, -0.1) is 0 Å². The molecule has 92 valence electrons. The summed E-state index contributed by atoms with van der Waals surface area (Å²) < 4.78 is 0. The molecule has 1 heteroatoms. The fourth-order valence-corrected chi connectivity index (χ4v) is 3.82. The highest BCUT2D eigenvalue weighted by Crippen LogP contribution is 2.53. The minimum absolute atomic E-state index is 0.259. The molecule has 0 bridgehead atoms. The van der Waals surface area contributed by atoms with E-state index < -0.39 is 5.60 Å². The Kier molecular flexibility index (Phi) is 2.73. The van der Waals surface area contributed by atoms with Crippen LogP contribution in [0.25, 0.3) is 0 Å². The van der Waals surface area contributed by atoms with Crippen molar-refractivity contribution in [2.45, 2.75) is 59.5 Å². The summed E-state index contributed by atoms with van der Waals surface area (Å²) >= 11 is 0. The van der Waals surface area contributed by atoms with Crippen LogP contribution in [0.2, 0.25) is 0 Å². The van der Waals surface area contributed by atoms with Crippen LogP contribution in [0.3, 0.4) is 0 Å². The average molecular weight is 222 g/mol. The van der Waals surface area contributed by atoms with Gasteiger partial charge in [0.05, 0.1) is 5.60 Å². The third kappa shape index (κ3) is 2.07. The number of aliphatic hydroxyl groups is 1. The summed E-state index contributed by atoms with van der Waals surface area (Å²) in [5.74, 6) is 2.26. The molecule has 0 radical (unpaired) electrons. The summed E-state index contributed by atoms with van der Waals surface area (Å²) in [5, 5.41) is 10.3. The smallest absolute Gasteiger partial charge is 0.0803 e. The van der Waals surface area contributed by atoms with E-state index in [0.29, 0.717) is 5.92 Å². The SMILES string of the molecule is CC1CCC2C(C(C)(C)O)=CC(C)(C)CC12. The molecule has 1 saturated carbocycles. The zero-order valence-corrected chi connectivity index (χ0v) is 11.4. The first-order valence-electron chi connectivity index (χ1n) is 6.66. The Morgan fingerprint density at radius 2 is 1.94 bits per heavy atom. The number of hydrogen-bond donors (Lipinski definition) is 1. The number of hydrogen-bond acceptors (Lipinski definition) is 1. The first-order valence-corrected chi connectivity index (χ1v) is 6.66. The van der Waals surface area contributed by atoms with Crippen molar-refractivity contribution in [1.29, 1.82) is 0 Å². The monoisotopic (exact) mass is 222 g/mol. The van der Waals surface area contributed by atoms with Gasteiger partial charge in [0.25, 0.3) is 0 Å². The molecule has 2 aliphatic carbocycles. The van der Waals surface area contributed by atoms with Crippen LogP contribution in [0.1, 0.15) is 53.9 Å². The number of fused-ring (bicyclic) bond motifs is 1. The van der Waals surface area contributed by atoms with Gasteiger partial charge in [0.15, 0.2) is 0 Å². The Balaban J connectivity index is 2.38. The fraction of sp³-hybridized carbons (Fsp3) is 0.867. The highest BCUT2D eigenvalue weighted by Gasteiger charge is 2.45. The topological polar surface area (TPSA) is 20.2 Å². The molecule has 3 unspecified atom stereocenters. The molecule has 0 aromatic heterocycles. The molecule has 0 aromatic rings. The van der Waals surface area contributed by atoms with E-state index >= 15 is 0 Å². The van der Waals surface area contributed by atoms with Crippen molar-refractivity contribution < 1.29 is 5.11 Å². The van der Waals surface area contributed by atoms with E-state index in [1.165, 1.54) is 24.8 Å². The summed E-state index contributed by atoms with van der Waals surface area (Å²) in [5.41, 5.74) is 0.929. The Hall–Kier alpha value is -0.300. The zero-order chi connectivity index (χ0) is 12.1. The standard InChI is InChI=1S/C15H26O/c1-10-6-7-11-12(10)8-14(2,3)9-13(11)15(4,5)16/h9-12,16H,6-8H2,1-5H3. The predicted molar refractivity (Wildman–Crippen MR) is 68.2 cm³/mol. The lowest BCUT2D eigenvalue weighted by Crippen LogP contribution is -2.36. The first kappa shape index (κ1) is 12.2. The minimum atomic E-state index is -0.634. The molecule has 1 fully saturated rings. The molecule has 0 amide bonds. The van der Waals surface area contributed by atoms with E-state index in [1.807, 2.05) is 13.8 Å². The average Bonchev–Trinajstić information content (AvgIpc) is 2.44. The van der Waals surface area contributed by atoms with Crippen molar-refractivity contribution >= 4 is 0 Å². The van der Waals surface area contributed by atoms with Gasteiger partial charge in [0, 0.05) is 0 Å². The summed E-state index contributed by atoms with van der Waals surface area (Å²) in [6, 6.07) is 0. The lowest BCUT2D eigenvalue weighted by atomic mass is 9.65. The molecule has 0 aromatic carbocycles. The van der Waals surface area contributed by atoms with Gasteiger partial charge in [-0.2, -0.15) is 0 Å². The van der Waals surface area contributed by atoms with Crippen molar-refractivity contribution in [2.75, 3.05) is 0 Å². The van der Waals surface area contributed by atoms with Crippen molar-refractivity contribution in [2.24, 2.45) is 23.2 Å². The summed E-state index contributed by atoms with van der Waals surface area (Å²) in [6.45, 7) is 10.9. The van der Waals surface area contributed by atoms with Crippen molar-refractivity contribution in [1.82, 2.24) is 0 Å². The molecule has 1 N–H and O–H groups in total. The predicted octanol–water partition coefficient (Wildman–Crippen LogP) is 3.78. The normalized spacial score (nSPS) is 38.1. The summed E-state index contributed by atoms with van der Waals surface area (Å²) in [7, 11) is 0. The number of rotatable bonds is 1. The van der Waals surface area contributed by atoms with Crippen LogP contribution in [0, 0.1) is 23.2 Å². The Bertz CT molecular complexity index is 306. The lowest BCUT2D eigenvalue weighted by molar-refractivity contribution is 0.0863. The number of allylic oxidation sites excluding steroid dienone is 1. The van der Waals surface area contributed by atoms with Crippen LogP contribution in [0.5, 0.6) is 0 Å². The Labute approximate surface area is 99.9 Å². The van der Waals surface area contributed by atoms with Crippen LogP contribution in [0.4, 0.5) is 0 Å². The Morgan fingerprint density at radius 3 is 2.50 bits per heavy atom. The second-order valence-electron chi connectivity index (χ2n) is 7.18. The molecule has 2 rings (SSSR count). The van der Waals surface area contributed by atoms with Crippen LogP contribution in [-0.2, 0) is 0 Å². The highest BCUT2D eigenvalue weighted by atomic mass is 16.3. The molecule has 1 nitrogen and oxygen atoms in total. The molecule has 0 heterocycles. The molecular formula is C15H26O. The van der Waals surface area contributed by atoms with Gasteiger partial charge in [-0.05, 0) is 61.9 Å². The molecular weight excluding hydrogens is 196 g/mol. The Morgan fingerprint density at radius 1 is 1.31 bits per heavy atom. The van der Waals surface area contributed by atoms with Gasteiger partial charge in [0.1, 0.15) is 0 Å². The van der Waals surface area contributed by atoms with Crippen LogP contribution in [-0.4, -0.2) is 10.7 Å². The molecule has 0 aliphatic heterocycles. The maximum absolute atomic E-state index is 10.3. The zero-order valence-electron chi connectivity index (χ0n) is 11.4. The van der Waals surface area contributed by atoms with Crippen molar-refractivity contribution in [3.63, 3.8) is 0 Å². The molecule has 2 aliphatic rings. The minimum Gasteiger partial charge on any atom is -0.386 e. The largest absolute Gasteiger partial charge is 0.386 e. The van der Waals surface area contributed by atoms with Gasteiger partial charge in [-0.3, -0.25) is 0 Å². The van der Waals surface area contributed by atoms with Gasteiger partial charge < -0.3 is 5.11 Å². The maximum atomic E-state index is 10.3. The first-order chi connectivity index (χ1) is 7.21. The summed E-state index contributed by atoms with van der Waals surface area (Å²) in [6.07, 6.45) is 6.25. The molecule has 3 atom stereocenters. The van der Waals surface area contributed by atoms with E-state index in [9.17, 15) is 5.11 Å². The van der Waals surface area contributed by atoms with E-state index in [2.05, 4.69) is 26.8 Å².